The second-order valence-corrected chi connectivity index (χ2v) is 18.5. The largest absolute Gasteiger partial charge is 0.543 e. The molecule has 1 atom stereocenters. The molecule has 1 aromatic rings. The second kappa shape index (κ2) is 6.25. The first-order valence-electron chi connectivity index (χ1n) is 8.91. The summed E-state index contributed by atoms with van der Waals surface area (Å²) in [6.07, 6.45) is -0.281. The standard InChI is InChI=1S/C19H32NO3Si2/c1-18(2,3)25(8,9)23-15-13-11-10-12-14(15)16-17(20-22-16)19(4,5)24(6,7)21/h10-13,16H,1-9H3. The second-order valence-electron chi connectivity index (χ2n) is 9.50. The van der Waals surface area contributed by atoms with E-state index >= 15 is 0 Å². The highest BCUT2D eigenvalue weighted by Crippen LogP contribution is 2.49. The van der Waals surface area contributed by atoms with Gasteiger partial charge in [-0.2, -0.15) is 0 Å². The number of hydrogen-bond donors (Lipinski definition) is 0. The zero-order chi connectivity index (χ0) is 19.3. The quantitative estimate of drug-likeness (QED) is 0.598. The molecule has 1 heterocycles. The molecule has 0 bridgehead atoms. The molecule has 4 nitrogen and oxygen atoms in total. The Morgan fingerprint density at radius 1 is 1.04 bits per heavy atom. The average molecular weight is 379 g/mol. The lowest BCUT2D eigenvalue weighted by molar-refractivity contribution is 0.0527. The molecule has 6 heteroatoms. The molecule has 1 aliphatic rings. The summed E-state index contributed by atoms with van der Waals surface area (Å²) in [7, 11) is -4.64. The molecule has 2 rings (SSSR count). The molecule has 0 aliphatic carbocycles. The highest BCUT2D eigenvalue weighted by atomic mass is 28.4. The van der Waals surface area contributed by atoms with Gasteiger partial charge in [-0.1, -0.05) is 58.0 Å². The van der Waals surface area contributed by atoms with E-state index in [4.69, 9.17) is 9.26 Å². The van der Waals surface area contributed by atoms with Crippen molar-refractivity contribution < 1.29 is 14.1 Å². The summed E-state index contributed by atoms with van der Waals surface area (Å²) in [6, 6.07) is 8.00. The van der Waals surface area contributed by atoms with Crippen LogP contribution in [-0.2, 0) is 9.63 Å². The third-order valence-electron chi connectivity index (χ3n) is 6.02. The van der Waals surface area contributed by atoms with E-state index in [1.54, 1.807) is 0 Å². The Morgan fingerprint density at radius 2 is 1.60 bits per heavy atom. The maximum Gasteiger partial charge on any atom is 0.250 e. The lowest BCUT2D eigenvalue weighted by Crippen LogP contribution is -2.48. The number of hydrogen-bond acceptors (Lipinski definition) is 3. The Kier molecular flexibility index (Phi) is 5.05. The summed E-state index contributed by atoms with van der Waals surface area (Å²) >= 11 is 0. The predicted octanol–water partition coefficient (Wildman–Crippen LogP) is 5.91. The van der Waals surface area contributed by atoms with Gasteiger partial charge in [0.15, 0.2) is 6.10 Å². The molecule has 1 unspecified atom stereocenters. The van der Waals surface area contributed by atoms with Crippen LogP contribution in [0.2, 0.25) is 36.3 Å². The molecule has 1 radical (unpaired) electrons. The fourth-order valence-electron chi connectivity index (χ4n) is 2.33. The lowest BCUT2D eigenvalue weighted by atomic mass is 9.94. The van der Waals surface area contributed by atoms with Crippen LogP contribution in [0.4, 0.5) is 0 Å². The maximum absolute atomic E-state index is 12.8. The van der Waals surface area contributed by atoms with Gasteiger partial charge in [0.1, 0.15) is 11.5 Å². The lowest BCUT2D eigenvalue weighted by Gasteiger charge is -2.42. The molecule has 1 aliphatic heterocycles. The van der Waals surface area contributed by atoms with Crippen LogP contribution >= 0.6 is 0 Å². The SMILES string of the molecule is CC(C)(C1=NOC1c1ccccc1O[Si](C)(C)C(C)(C)C)[Si](C)(C)[O]. The minimum Gasteiger partial charge on any atom is -0.543 e. The van der Waals surface area contributed by atoms with E-state index in [0.29, 0.717) is 0 Å². The van der Waals surface area contributed by atoms with Crippen molar-refractivity contribution in [2.75, 3.05) is 0 Å². The van der Waals surface area contributed by atoms with E-state index < -0.39 is 21.7 Å². The average Bonchev–Trinajstić information content (AvgIpc) is 2.36. The minimum absolute atomic E-state index is 0.112. The predicted molar refractivity (Wildman–Crippen MR) is 108 cm³/mol. The highest BCUT2D eigenvalue weighted by molar-refractivity contribution is 6.76. The first kappa shape index (κ1) is 20.2. The number of nitrogens with zero attached hydrogens (tertiary/aromatic N) is 1. The fraction of sp³-hybridized carbons (Fsp3) is 0.632. The molecule has 0 aromatic heterocycles. The van der Waals surface area contributed by atoms with E-state index in [1.807, 2.05) is 51.2 Å². The first-order valence-corrected chi connectivity index (χ1v) is 14.7. The van der Waals surface area contributed by atoms with Crippen molar-refractivity contribution in [1.82, 2.24) is 0 Å². The molecule has 1 aromatic carbocycles. The summed E-state index contributed by atoms with van der Waals surface area (Å²) in [5, 5.41) is 3.80. The van der Waals surface area contributed by atoms with Crippen molar-refractivity contribution in [3.63, 3.8) is 0 Å². The highest BCUT2D eigenvalue weighted by Gasteiger charge is 2.52. The molecular weight excluding hydrogens is 346 g/mol. The summed E-state index contributed by atoms with van der Waals surface area (Å²) < 4.78 is 6.54. The van der Waals surface area contributed by atoms with Gasteiger partial charge in [-0.05, 0) is 37.3 Å². The third-order valence-corrected chi connectivity index (χ3v) is 13.6. The summed E-state index contributed by atoms with van der Waals surface area (Å²) in [5.74, 6) is 0.854. The van der Waals surface area contributed by atoms with Gasteiger partial charge in [-0.25, -0.2) is 0 Å². The molecule has 0 N–H and O–H groups in total. The van der Waals surface area contributed by atoms with Crippen LogP contribution in [0.15, 0.2) is 29.4 Å². The Morgan fingerprint density at radius 3 is 2.04 bits per heavy atom. The van der Waals surface area contributed by atoms with Crippen LogP contribution in [0.25, 0.3) is 0 Å². The Balaban J connectivity index is 2.36. The number of benzene rings is 1. The monoisotopic (exact) mass is 378 g/mol. The van der Waals surface area contributed by atoms with E-state index in [0.717, 1.165) is 17.0 Å². The third kappa shape index (κ3) is 3.71. The van der Waals surface area contributed by atoms with E-state index in [1.165, 1.54) is 0 Å². The van der Waals surface area contributed by atoms with Crippen LogP contribution in [0, 0.1) is 0 Å². The summed E-state index contributed by atoms with van der Waals surface area (Å²) in [4.78, 5) is 18.3. The zero-order valence-corrected chi connectivity index (χ0v) is 19.1. The Labute approximate surface area is 154 Å². The minimum atomic E-state index is -2.68. The molecule has 0 saturated carbocycles. The van der Waals surface area contributed by atoms with Gasteiger partial charge >= 0.3 is 0 Å². The molecular formula is C19H32NO3Si2. The van der Waals surface area contributed by atoms with Gasteiger partial charge < -0.3 is 9.26 Å². The van der Waals surface area contributed by atoms with Crippen LogP contribution in [0.3, 0.4) is 0 Å². The van der Waals surface area contributed by atoms with Gasteiger partial charge in [0.25, 0.3) is 0 Å². The molecule has 0 spiro atoms. The maximum atomic E-state index is 12.8. The summed E-state index contributed by atoms with van der Waals surface area (Å²) in [6.45, 7) is 18.8. The fourth-order valence-corrected chi connectivity index (χ4v) is 4.17. The van der Waals surface area contributed by atoms with Gasteiger partial charge in [-0.3, -0.25) is 4.80 Å². The molecule has 0 saturated heterocycles. The molecule has 0 fully saturated rings. The number of oxime groups is 1. The van der Waals surface area contributed by atoms with Crippen molar-refractivity contribution in [2.24, 2.45) is 5.16 Å². The molecule has 25 heavy (non-hydrogen) atoms. The van der Waals surface area contributed by atoms with E-state index in [9.17, 15) is 4.80 Å². The smallest absolute Gasteiger partial charge is 0.250 e. The van der Waals surface area contributed by atoms with Crippen molar-refractivity contribution in [3.05, 3.63) is 29.8 Å². The van der Waals surface area contributed by atoms with Crippen LogP contribution in [-0.4, -0.2) is 22.3 Å². The van der Waals surface area contributed by atoms with Crippen LogP contribution < -0.4 is 4.43 Å². The van der Waals surface area contributed by atoms with Crippen molar-refractivity contribution in [2.45, 2.75) is 77.0 Å². The summed E-state index contributed by atoms with van der Waals surface area (Å²) in [5.41, 5.74) is 1.83. The number of rotatable bonds is 5. The Bertz CT molecular complexity index is 670. The van der Waals surface area contributed by atoms with E-state index in [2.05, 4.69) is 39.0 Å². The van der Waals surface area contributed by atoms with Gasteiger partial charge in [-0.15, -0.1) is 0 Å². The van der Waals surface area contributed by atoms with Crippen molar-refractivity contribution in [1.29, 1.82) is 0 Å². The topological polar surface area (TPSA) is 50.7 Å². The zero-order valence-electron chi connectivity index (χ0n) is 17.1. The number of para-hydroxylation sites is 1. The Hall–Kier alpha value is -1.12. The van der Waals surface area contributed by atoms with Crippen molar-refractivity contribution in [3.8, 4) is 5.75 Å². The van der Waals surface area contributed by atoms with Crippen LogP contribution in [0.5, 0.6) is 5.75 Å². The normalized spacial score (nSPS) is 19.0. The first-order chi connectivity index (χ1) is 11.2. The molecule has 139 valence electrons. The van der Waals surface area contributed by atoms with Crippen LogP contribution in [0.1, 0.15) is 46.3 Å². The van der Waals surface area contributed by atoms with E-state index in [-0.39, 0.29) is 11.1 Å². The van der Waals surface area contributed by atoms with Gasteiger partial charge in [0, 0.05) is 10.6 Å². The van der Waals surface area contributed by atoms with Crippen molar-refractivity contribution >= 4 is 22.3 Å². The molecule has 0 amide bonds. The van der Waals surface area contributed by atoms with Gasteiger partial charge in [0.2, 0.25) is 16.6 Å². The van der Waals surface area contributed by atoms with Gasteiger partial charge in [0.05, 0.1) is 0 Å².